The van der Waals surface area contributed by atoms with Crippen LogP contribution < -0.4 is 5.32 Å². The predicted octanol–water partition coefficient (Wildman–Crippen LogP) is 4.02. The lowest BCUT2D eigenvalue weighted by molar-refractivity contribution is -0.113. The number of nitrogens with one attached hydrogen (secondary N) is 1. The van der Waals surface area contributed by atoms with Gasteiger partial charge in [0, 0.05) is 10.2 Å². The van der Waals surface area contributed by atoms with Gasteiger partial charge in [0.15, 0.2) is 0 Å². The van der Waals surface area contributed by atoms with E-state index in [0.29, 0.717) is 11.4 Å². The highest BCUT2D eigenvalue weighted by atomic mass is 79.9. The van der Waals surface area contributed by atoms with Gasteiger partial charge in [0.1, 0.15) is 0 Å². The first-order chi connectivity index (χ1) is 10.6. The number of carboxylic acid groups (broad SMARTS) is 1. The highest BCUT2D eigenvalue weighted by Crippen LogP contribution is 2.21. The summed E-state index contributed by atoms with van der Waals surface area (Å²) in [4.78, 5) is 23.0. The molecule has 0 spiro atoms. The second-order valence-corrected chi connectivity index (χ2v) is 6.32. The van der Waals surface area contributed by atoms with Gasteiger partial charge >= 0.3 is 5.97 Å². The summed E-state index contributed by atoms with van der Waals surface area (Å²) in [6, 6.07) is 14.2. The number of hydrogen-bond acceptors (Lipinski definition) is 3. The summed E-state index contributed by atoms with van der Waals surface area (Å²) in [5.41, 5.74) is 1.53. The topological polar surface area (TPSA) is 66.4 Å². The molecule has 0 unspecified atom stereocenters. The minimum absolute atomic E-state index is 0.0895. The van der Waals surface area contributed by atoms with Crippen LogP contribution in [0.3, 0.4) is 0 Å². The molecule has 2 rings (SSSR count). The number of benzene rings is 2. The lowest BCUT2D eigenvalue weighted by Crippen LogP contribution is -2.16. The van der Waals surface area contributed by atoms with Crippen molar-refractivity contribution in [3.05, 3.63) is 64.1 Å². The van der Waals surface area contributed by atoms with Gasteiger partial charge < -0.3 is 10.4 Å². The zero-order valence-electron chi connectivity index (χ0n) is 11.6. The number of amides is 1. The number of thioether (sulfide) groups is 1. The van der Waals surface area contributed by atoms with Gasteiger partial charge in [0.2, 0.25) is 5.91 Å². The number of aromatic carboxylic acids is 1. The van der Waals surface area contributed by atoms with E-state index in [4.69, 9.17) is 5.11 Å². The molecule has 6 heteroatoms. The van der Waals surface area contributed by atoms with E-state index in [9.17, 15) is 9.59 Å². The predicted molar refractivity (Wildman–Crippen MR) is 92.3 cm³/mol. The number of carbonyl (C=O) groups is 2. The third-order valence-corrected chi connectivity index (χ3v) is 4.64. The third-order valence-electron chi connectivity index (χ3n) is 2.88. The molecule has 0 aliphatic carbocycles. The molecule has 0 heterocycles. The van der Waals surface area contributed by atoms with Gasteiger partial charge in [-0.25, -0.2) is 4.79 Å². The Balaban J connectivity index is 1.89. The SMILES string of the molecule is O=C(CSCc1ccccc1Br)Nc1ccccc1C(=O)O. The van der Waals surface area contributed by atoms with Crippen molar-refractivity contribution in [2.24, 2.45) is 0 Å². The minimum atomic E-state index is -1.06. The van der Waals surface area contributed by atoms with Crippen molar-refractivity contribution in [2.45, 2.75) is 5.75 Å². The van der Waals surface area contributed by atoms with Crippen LogP contribution in [0.4, 0.5) is 5.69 Å². The van der Waals surface area contributed by atoms with E-state index in [1.54, 1.807) is 18.2 Å². The Morgan fingerprint density at radius 2 is 1.77 bits per heavy atom. The van der Waals surface area contributed by atoms with E-state index in [1.807, 2.05) is 24.3 Å². The molecule has 0 aromatic heterocycles. The van der Waals surface area contributed by atoms with Gasteiger partial charge in [0.25, 0.3) is 0 Å². The smallest absolute Gasteiger partial charge is 0.337 e. The lowest BCUT2D eigenvalue weighted by Gasteiger charge is -2.08. The number of hydrogen-bond donors (Lipinski definition) is 2. The van der Waals surface area contributed by atoms with Crippen LogP contribution in [0.1, 0.15) is 15.9 Å². The molecule has 114 valence electrons. The second kappa shape index (κ2) is 8.00. The van der Waals surface area contributed by atoms with Crippen molar-refractivity contribution in [3.63, 3.8) is 0 Å². The molecule has 2 N–H and O–H groups in total. The van der Waals surface area contributed by atoms with Crippen LogP contribution in [-0.4, -0.2) is 22.7 Å². The van der Waals surface area contributed by atoms with Crippen LogP contribution in [-0.2, 0) is 10.5 Å². The minimum Gasteiger partial charge on any atom is -0.478 e. The molecule has 0 fully saturated rings. The molecule has 0 bridgehead atoms. The molecule has 2 aromatic carbocycles. The molecule has 2 aromatic rings. The lowest BCUT2D eigenvalue weighted by atomic mass is 10.2. The monoisotopic (exact) mass is 379 g/mol. The van der Waals surface area contributed by atoms with Gasteiger partial charge in [-0.05, 0) is 23.8 Å². The Morgan fingerprint density at radius 3 is 2.50 bits per heavy atom. The Morgan fingerprint density at radius 1 is 1.09 bits per heavy atom. The number of carboxylic acids is 1. The maximum absolute atomic E-state index is 11.9. The fourth-order valence-corrected chi connectivity index (χ4v) is 3.28. The van der Waals surface area contributed by atoms with Crippen molar-refractivity contribution < 1.29 is 14.7 Å². The van der Waals surface area contributed by atoms with Crippen LogP contribution >= 0.6 is 27.7 Å². The maximum Gasteiger partial charge on any atom is 0.337 e. The largest absolute Gasteiger partial charge is 0.478 e. The standard InChI is InChI=1S/C16H14BrNO3S/c17-13-7-3-1-5-11(13)9-22-10-15(19)18-14-8-4-2-6-12(14)16(20)21/h1-8H,9-10H2,(H,18,19)(H,20,21). The third kappa shape index (κ3) is 4.61. The summed E-state index contributed by atoms with van der Waals surface area (Å²) in [7, 11) is 0. The summed E-state index contributed by atoms with van der Waals surface area (Å²) in [6.45, 7) is 0. The maximum atomic E-state index is 11.9. The molecule has 0 saturated heterocycles. The van der Waals surface area contributed by atoms with E-state index in [2.05, 4.69) is 21.2 Å². The van der Waals surface area contributed by atoms with Crippen molar-refractivity contribution in [1.82, 2.24) is 0 Å². The van der Waals surface area contributed by atoms with Crippen molar-refractivity contribution >= 4 is 45.3 Å². The summed E-state index contributed by atoms with van der Waals surface area (Å²) in [5.74, 6) is -0.312. The molecule has 0 saturated carbocycles. The fourth-order valence-electron chi connectivity index (χ4n) is 1.83. The van der Waals surface area contributed by atoms with E-state index >= 15 is 0 Å². The van der Waals surface area contributed by atoms with Gasteiger partial charge in [-0.15, -0.1) is 11.8 Å². The van der Waals surface area contributed by atoms with Gasteiger partial charge in [-0.3, -0.25) is 4.79 Å². The second-order valence-electron chi connectivity index (χ2n) is 4.48. The molecule has 1 amide bonds. The summed E-state index contributed by atoms with van der Waals surface area (Å²) >= 11 is 4.94. The van der Waals surface area contributed by atoms with Crippen molar-refractivity contribution in [2.75, 3.05) is 11.1 Å². The number of halogens is 1. The molecule has 0 atom stereocenters. The molecular formula is C16H14BrNO3S. The van der Waals surface area contributed by atoms with E-state index in [-0.39, 0.29) is 17.2 Å². The molecule has 4 nitrogen and oxygen atoms in total. The normalized spacial score (nSPS) is 10.2. The van der Waals surface area contributed by atoms with E-state index < -0.39 is 5.97 Å². The number of carbonyl (C=O) groups excluding carboxylic acids is 1. The van der Waals surface area contributed by atoms with Crippen LogP contribution in [0.2, 0.25) is 0 Å². The van der Waals surface area contributed by atoms with Crippen LogP contribution in [0.5, 0.6) is 0 Å². The average molecular weight is 380 g/mol. The zero-order chi connectivity index (χ0) is 15.9. The highest BCUT2D eigenvalue weighted by molar-refractivity contribution is 9.10. The first-order valence-corrected chi connectivity index (χ1v) is 8.46. The van der Waals surface area contributed by atoms with Crippen LogP contribution in [0, 0.1) is 0 Å². The fraction of sp³-hybridized carbons (Fsp3) is 0.125. The van der Waals surface area contributed by atoms with Crippen molar-refractivity contribution in [1.29, 1.82) is 0 Å². The Hall–Kier alpha value is -1.79. The molecule has 0 aliphatic heterocycles. The molecule has 0 aliphatic rings. The summed E-state index contributed by atoms with van der Waals surface area (Å²) < 4.78 is 1.01. The average Bonchev–Trinajstić information content (AvgIpc) is 2.49. The first-order valence-electron chi connectivity index (χ1n) is 6.51. The molecule has 22 heavy (non-hydrogen) atoms. The number of para-hydroxylation sites is 1. The van der Waals surface area contributed by atoms with Crippen LogP contribution in [0.25, 0.3) is 0 Å². The Labute approximate surface area is 141 Å². The molecule has 0 radical (unpaired) electrons. The summed E-state index contributed by atoms with van der Waals surface area (Å²) in [5, 5.41) is 11.7. The molecular weight excluding hydrogens is 366 g/mol. The quantitative estimate of drug-likeness (QED) is 0.795. The number of rotatable bonds is 6. The Bertz CT molecular complexity index is 691. The van der Waals surface area contributed by atoms with Gasteiger partial charge in [-0.2, -0.15) is 0 Å². The number of anilines is 1. The van der Waals surface area contributed by atoms with Gasteiger partial charge in [0.05, 0.1) is 17.0 Å². The van der Waals surface area contributed by atoms with Crippen LogP contribution in [0.15, 0.2) is 53.0 Å². The van der Waals surface area contributed by atoms with E-state index in [1.165, 1.54) is 17.8 Å². The van der Waals surface area contributed by atoms with E-state index in [0.717, 1.165) is 10.0 Å². The van der Waals surface area contributed by atoms with Crippen molar-refractivity contribution in [3.8, 4) is 0 Å². The zero-order valence-corrected chi connectivity index (χ0v) is 14.0. The first kappa shape index (κ1) is 16.6. The summed E-state index contributed by atoms with van der Waals surface area (Å²) in [6.07, 6.45) is 0. The Kier molecular flexibility index (Phi) is 6.03. The van der Waals surface area contributed by atoms with Gasteiger partial charge in [-0.1, -0.05) is 46.3 Å². The highest BCUT2D eigenvalue weighted by Gasteiger charge is 2.11.